The third kappa shape index (κ3) is 6.89. The average Bonchev–Trinajstić information content (AvgIpc) is 2.87. The number of ether oxygens (including phenoxy) is 2. The first-order chi connectivity index (χ1) is 16.4. The molecule has 34 heavy (non-hydrogen) atoms. The molecule has 0 bridgehead atoms. The van der Waals surface area contributed by atoms with Crippen molar-refractivity contribution < 1.29 is 19.1 Å². The van der Waals surface area contributed by atoms with Crippen LogP contribution in [0.5, 0.6) is 11.5 Å². The summed E-state index contributed by atoms with van der Waals surface area (Å²) in [6.07, 6.45) is 0.343. The summed E-state index contributed by atoms with van der Waals surface area (Å²) < 4.78 is 10.9. The van der Waals surface area contributed by atoms with E-state index in [1.54, 1.807) is 56.6 Å². The van der Waals surface area contributed by atoms with Crippen LogP contribution in [0.1, 0.15) is 11.1 Å². The highest BCUT2D eigenvalue weighted by Gasteiger charge is 2.30. The molecule has 0 aliphatic carbocycles. The van der Waals surface area contributed by atoms with E-state index in [9.17, 15) is 9.59 Å². The Hall–Kier alpha value is -3.22. The lowest BCUT2D eigenvalue weighted by Crippen LogP contribution is -2.51. The zero-order valence-corrected chi connectivity index (χ0v) is 20.5. The van der Waals surface area contributed by atoms with E-state index in [0.717, 1.165) is 11.1 Å². The van der Waals surface area contributed by atoms with Gasteiger partial charge in [-0.2, -0.15) is 0 Å². The highest BCUT2D eigenvalue weighted by Crippen LogP contribution is 2.24. The molecule has 0 spiro atoms. The summed E-state index contributed by atoms with van der Waals surface area (Å²) in [6.45, 7) is -0.0808. The summed E-state index contributed by atoms with van der Waals surface area (Å²) in [5, 5.41) is 3.47. The second kappa shape index (κ2) is 12.3. The van der Waals surface area contributed by atoms with Crippen molar-refractivity contribution in [3.05, 3.63) is 94.0 Å². The first-order valence-corrected chi connectivity index (χ1v) is 11.4. The van der Waals surface area contributed by atoms with Crippen LogP contribution >= 0.6 is 23.2 Å². The van der Waals surface area contributed by atoms with Crippen LogP contribution in [0.15, 0.2) is 72.8 Å². The molecule has 0 aromatic heterocycles. The van der Waals surface area contributed by atoms with Crippen molar-refractivity contribution in [3.8, 4) is 11.5 Å². The Morgan fingerprint density at radius 3 is 2.21 bits per heavy atom. The molecule has 0 saturated carbocycles. The fourth-order valence-electron chi connectivity index (χ4n) is 3.46. The number of carbonyl (C=O) groups excluding carboxylic acids is 2. The van der Waals surface area contributed by atoms with Crippen molar-refractivity contribution in [3.63, 3.8) is 0 Å². The molecule has 178 valence electrons. The van der Waals surface area contributed by atoms with E-state index in [0.29, 0.717) is 28.0 Å². The number of benzene rings is 3. The van der Waals surface area contributed by atoms with Crippen LogP contribution in [-0.2, 0) is 22.6 Å². The molecule has 6 nitrogen and oxygen atoms in total. The van der Waals surface area contributed by atoms with Crippen LogP contribution in [0.3, 0.4) is 0 Å². The summed E-state index contributed by atoms with van der Waals surface area (Å²) in [5.74, 6) is 0.582. The standard InChI is InChI=1S/C26H26Cl2N2O4/c1-29-26(32)24(15-18-6-4-3-5-7-18)30(16-19-8-13-22(27)23(28)14-19)25(31)17-34-21-11-9-20(33-2)10-12-21/h3-14,24H,15-17H2,1-2H3,(H,29,32)/t24-/m0/s1. The molecule has 0 saturated heterocycles. The van der Waals surface area contributed by atoms with Crippen LogP contribution in [0, 0.1) is 0 Å². The number of hydrogen-bond donors (Lipinski definition) is 1. The molecule has 0 radical (unpaired) electrons. The van der Waals surface area contributed by atoms with Crippen molar-refractivity contribution in [1.29, 1.82) is 0 Å². The fourth-order valence-corrected chi connectivity index (χ4v) is 3.78. The highest BCUT2D eigenvalue weighted by atomic mass is 35.5. The van der Waals surface area contributed by atoms with Gasteiger partial charge in [0.05, 0.1) is 17.2 Å². The minimum Gasteiger partial charge on any atom is -0.497 e. The summed E-state index contributed by atoms with van der Waals surface area (Å²) in [4.78, 5) is 27.8. The van der Waals surface area contributed by atoms with Gasteiger partial charge in [-0.15, -0.1) is 0 Å². The number of methoxy groups -OCH3 is 1. The van der Waals surface area contributed by atoms with Crippen molar-refractivity contribution in [1.82, 2.24) is 10.2 Å². The van der Waals surface area contributed by atoms with Crippen LogP contribution < -0.4 is 14.8 Å². The van der Waals surface area contributed by atoms with Crippen molar-refractivity contribution >= 4 is 35.0 Å². The second-order valence-corrected chi connectivity index (χ2v) is 8.37. The number of amides is 2. The molecule has 3 rings (SSSR count). The van der Waals surface area contributed by atoms with Crippen LogP contribution in [0.2, 0.25) is 10.0 Å². The first kappa shape index (κ1) is 25.4. The van der Waals surface area contributed by atoms with E-state index in [1.807, 2.05) is 30.3 Å². The monoisotopic (exact) mass is 500 g/mol. The van der Waals surface area contributed by atoms with E-state index in [4.69, 9.17) is 32.7 Å². The van der Waals surface area contributed by atoms with Crippen molar-refractivity contribution in [2.75, 3.05) is 20.8 Å². The number of hydrogen-bond acceptors (Lipinski definition) is 4. The average molecular weight is 501 g/mol. The van der Waals surface area contributed by atoms with Gasteiger partial charge in [0.25, 0.3) is 5.91 Å². The SMILES string of the molecule is CNC(=O)[C@H](Cc1ccccc1)N(Cc1ccc(Cl)c(Cl)c1)C(=O)COc1ccc(OC)cc1. The van der Waals surface area contributed by atoms with Crippen molar-refractivity contribution in [2.45, 2.75) is 19.0 Å². The third-order valence-corrected chi connectivity index (χ3v) is 6.02. The first-order valence-electron chi connectivity index (χ1n) is 10.7. The van der Waals surface area contributed by atoms with E-state index in [1.165, 1.54) is 4.90 Å². The number of nitrogens with one attached hydrogen (secondary N) is 1. The number of carbonyl (C=O) groups is 2. The zero-order valence-electron chi connectivity index (χ0n) is 19.0. The Kier molecular flexibility index (Phi) is 9.19. The fraction of sp³-hybridized carbons (Fsp3) is 0.231. The van der Waals surface area contributed by atoms with Crippen LogP contribution in [0.25, 0.3) is 0 Å². The van der Waals surface area contributed by atoms with Crippen LogP contribution in [0.4, 0.5) is 0 Å². The summed E-state index contributed by atoms with van der Waals surface area (Å²) in [6, 6.07) is 20.9. The Morgan fingerprint density at radius 2 is 1.59 bits per heavy atom. The van der Waals surface area contributed by atoms with Gasteiger partial charge in [-0.25, -0.2) is 0 Å². The van der Waals surface area contributed by atoms with Gasteiger partial charge in [0, 0.05) is 20.0 Å². The molecular formula is C26H26Cl2N2O4. The van der Waals surface area contributed by atoms with E-state index < -0.39 is 6.04 Å². The molecule has 0 heterocycles. The zero-order chi connectivity index (χ0) is 24.5. The molecular weight excluding hydrogens is 475 g/mol. The van der Waals surface area contributed by atoms with Gasteiger partial charge >= 0.3 is 0 Å². The lowest BCUT2D eigenvalue weighted by Gasteiger charge is -2.31. The topological polar surface area (TPSA) is 67.9 Å². The van der Waals surface area contributed by atoms with Gasteiger partial charge < -0.3 is 19.7 Å². The van der Waals surface area contributed by atoms with Crippen molar-refractivity contribution in [2.24, 2.45) is 0 Å². The lowest BCUT2D eigenvalue weighted by atomic mass is 10.0. The molecule has 2 amide bonds. The molecule has 3 aromatic rings. The Bertz CT molecular complexity index is 1110. The molecule has 1 atom stereocenters. The summed E-state index contributed by atoms with van der Waals surface area (Å²) in [5.41, 5.74) is 1.67. The second-order valence-electron chi connectivity index (χ2n) is 7.55. The lowest BCUT2D eigenvalue weighted by molar-refractivity contribution is -0.142. The molecule has 1 N–H and O–H groups in total. The molecule has 0 aliphatic rings. The van der Waals surface area contributed by atoms with E-state index in [2.05, 4.69) is 5.32 Å². The van der Waals surface area contributed by atoms with E-state index >= 15 is 0 Å². The van der Waals surface area contributed by atoms with Gasteiger partial charge in [0.15, 0.2) is 6.61 Å². The third-order valence-electron chi connectivity index (χ3n) is 5.28. The number of likely N-dealkylation sites (N-methyl/N-ethyl adjacent to an activating group) is 1. The number of rotatable bonds is 10. The molecule has 0 unspecified atom stereocenters. The minimum atomic E-state index is -0.756. The molecule has 8 heteroatoms. The van der Waals surface area contributed by atoms with Gasteiger partial charge in [-0.1, -0.05) is 59.6 Å². The van der Waals surface area contributed by atoms with Gasteiger partial charge in [-0.05, 0) is 47.5 Å². The highest BCUT2D eigenvalue weighted by molar-refractivity contribution is 6.42. The molecule has 0 fully saturated rings. The predicted molar refractivity (Wildman–Crippen MR) is 134 cm³/mol. The number of halogens is 2. The quantitative estimate of drug-likeness (QED) is 0.435. The molecule has 3 aromatic carbocycles. The van der Waals surface area contributed by atoms with Crippen LogP contribution in [-0.4, -0.2) is 43.5 Å². The maximum Gasteiger partial charge on any atom is 0.261 e. The van der Waals surface area contributed by atoms with Gasteiger partial charge in [0.1, 0.15) is 17.5 Å². The smallest absolute Gasteiger partial charge is 0.261 e. The van der Waals surface area contributed by atoms with E-state index in [-0.39, 0.29) is 25.0 Å². The molecule has 0 aliphatic heterocycles. The summed E-state index contributed by atoms with van der Waals surface area (Å²) in [7, 11) is 3.13. The predicted octanol–water partition coefficient (Wildman–Crippen LogP) is 4.77. The largest absolute Gasteiger partial charge is 0.497 e. The van der Waals surface area contributed by atoms with Gasteiger partial charge in [0.2, 0.25) is 5.91 Å². The summed E-state index contributed by atoms with van der Waals surface area (Å²) >= 11 is 12.2. The van der Waals surface area contributed by atoms with Gasteiger partial charge in [-0.3, -0.25) is 9.59 Å². The maximum atomic E-state index is 13.4. The maximum absolute atomic E-state index is 13.4. The number of nitrogens with zero attached hydrogens (tertiary/aromatic N) is 1. The Morgan fingerprint density at radius 1 is 0.912 bits per heavy atom. The minimum absolute atomic E-state index is 0.159. The Labute approximate surface area is 209 Å². The Balaban J connectivity index is 1.87. The normalized spacial score (nSPS) is 11.4.